The first-order chi connectivity index (χ1) is 13.7. The molecular formula is C20H24NO7+. The van der Waals surface area contributed by atoms with Crippen LogP contribution in [-0.4, -0.2) is 45.7 Å². The summed E-state index contributed by atoms with van der Waals surface area (Å²) in [7, 11) is 3.18. The van der Waals surface area contributed by atoms with Crippen LogP contribution in [0.5, 0.6) is 23.0 Å². The van der Waals surface area contributed by atoms with Gasteiger partial charge in [-0.2, -0.15) is 0 Å². The Hall–Kier alpha value is -2.52. The Kier molecular flexibility index (Phi) is 5.54. The molecule has 8 heteroatoms. The fraction of sp³-hybridized carbons (Fsp3) is 0.400. The zero-order chi connectivity index (χ0) is 19.5. The minimum Gasteiger partial charge on any atom is -0.454 e. The van der Waals surface area contributed by atoms with E-state index in [1.807, 2.05) is 41.7 Å². The number of fused-ring (bicyclic) bond motifs is 2. The van der Waals surface area contributed by atoms with Crippen molar-refractivity contribution in [2.75, 3.05) is 34.4 Å². The fourth-order valence-corrected chi connectivity index (χ4v) is 3.42. The number of nitrogens with two attached hydrogens (primary N) is 1. The molecule has 0 aliphatic carbocycles. The van der Waals surface area contributed by atoms with E-state index in [2.05, 4.69) is 0 Å². The number of quaternary nitrogens is 1. The van der Waals surface area contributed by atoms with Gasteiger partial charge in [0.2, 0.25) is 19.9 Å². The molecule has 0 amide bonds. The maximum Gasteiger partial charge on any atom is 0.231 e. The maximum absolute atomic E-state index is 11.2. The quantitative estimate of drug-likeness (QED) is 0.652. The van der Waals surface area contributed by atoms with Crippen LogP contribution in [0.3, 0.4) is 0 Å². The number of hydrogen-bond acceptors (Lipinski definition) is 7. The molecule has 2 aromatic carbocycles. The normalized spacial score (nSPS) is 16.4. The van der Waals surface area contributed by atoms with Crippen LogP contribution in [0, 0.1) is 0 Å². The Morgan fingerprint density at radius 2 is 1.39 bits per heavy atom. The second-order valence-electron chi connectivity index (χ2n) is 6.57. The number of aliphatic hydroxyl groups excluding tert-OH is 1. The molecule has 8 nitrogen and oxygen atoms in total. The first kappa shape index (κ1) is 18.8. The molecule has 0 fully saturated rings. The van der Waals surface area contributed by atoms with Gasteiger partial charge in [-0.1, -0.05) is 6.07 Å². The van der Waals surface area contributed by atoms with Crippen LogP contribution >= 0.6 is 0 Å². The number of aliphatic hydroxyl groups is 1. The predicted molar refractivity (Wildman–Crippen MR) is 97.4 cm³/mol. The van der Waals surface area contributed by atoms with Crippen LogP contribution < -0.4 is 24.3 Å². The SMILES string of the molecule is COC(C[NH2+][C@H](c1ccc2c(c1)OCO2)[C@H](O)c1ccc2c(c1)OCO2)OC. The van der Waals surface area contributed by atoms with Crippen molar-refractivity contribution in [3.63, 3.8) is 0 Å². The van der Waals surface area contributed by atoms with Gasteiger partial charge in [0.05, 0.1) is 0 Å². The maximum atomic E-state index is 11.2. The van der Waals surface area contributed by atoms with E-state index in [4.69, 9.17) is 28.4 Å². The third kappa shape index (κ3) is 3.72. The zero-order valence-corrected chi connectivity index (χ0v) is 15.8. The molecule has 2 aromatic rings. The van der Waals surface area contributed by atoms with Gasteiger partial charge in [0.25, 0.3) is 0 Å². The van der Waals surface area contributed by atoms with Crippen LogP contribution in [0.15, 0.2) is 36.4 Å². The molecule has 0 unspecified atom stereocenters. The van der Waals surface area contributed by atoms with Crippen molar-refractivity contribution in [2.45, 2.75) is 18.4 Å². The summed E-state index contributed by atoms with van der Waals surface area (Å²) in [5, 5.41) is 13.2. The molecule has 0 aromatic heterocycles. The second kappa shape index (κ2) is 8.24. The van der Waals surface area contributed by atoms with E-state index in [-0.39, 0.29) is 25.9 Å². The van der Waals surface area contributed by atoms with E-state index in [1.54, 1.807) is 14.2 Å². The predicted octanol–water partition coefficient (Wildman–Crippen LogP) is 1.10. The first-order valence-corrected chi connectivity index (χ1v) is 9.05. The first-order valence-electron chi connectivity index (χ1n) is 9.05. The average molecular weight is 390 g/mol. The molecule has 2 aliphatic heterocycles. The van der Waals surface area contributed by atoms with E-state index >= 15 is 0 Å². The summed E-state index contributed by atoms with van der Waals surface area (Å²) in [5.74, 6) is 2.68. The summed E-state index contributed by atoms with van der Waals surface area (Å²) < 4.78 is 32.3. The van der Waals surface area contributed by atoms with Crippen LogP contribution in [-0.2, 0) is 9.47 Å². The van der Waals surface area contributed by atoms with Gasteiger partial charge in [0, 0.05) is 19.8 Å². The molecule has 2 atom stereocenters. The highest BCUT2D eigenvalue weighted by atomic mass is 16.7. The zero-order valence-electron chi connectivity index (χ0n) is 15.8. The van der Waals surface area contributed by atoms with Crippen molar-refractivity contribution in [3.05, 3.63) is 47.5 Å². The van der Waals surface area contributed by atoms with Gasteiger partial charge in [0.15, 0.2) is 23.0 Å². The molecule has 0 saturated heterocycles. The van der Waals surface area contributed by atoms with Crippen molar-refractivity contribution in [1.29, 1.82) is 0 Å². The standard InChI is InChI=1S/C20H23NO7/c1-23-18(24-2)9-21-19(12-3-5-14-16(7-12)27-10-25-14)20(22)13-4-6-15-17(8-13)28-11-26-15/h3-8,18-22H,9-11H2,1-2H3/p+1/t19-,20-/m1/s1. The van der Waals surface area contributed by atoms with E-state index in [1.165, 1.54) is 0 Å². The van der Waals surface area contributed by atoms with Gasteiger partial charge >= 0.3 is 0 Å². The highest BCUT2D eigenvalue weighted by Gasteiger charge is 2.30. The smallest absolute Gasteiger partial charge is 0.231 e. The van der Waals surface area contributed by atoms with Crippen LogP contribution in [0.1, 0.15) is 23.3 Å². The second-order valence-corrected chi connectivity index (χ2v) is 6.57. The lowest BCUT2D eigenvalue weighted by atomic mass is 9.95. The van der Waals surface area contributed by atoms with Crippen molar-refractivity contribution in [1.82, 2.24) is 0 Å². The van der Waals surface area contributed by atoms with Crippen LogP contribution in [0.25, 0.3) is 0 Å². The average Bonchev–Trinajstić information content (AvgIpc) is 3.38. The summed E-state index contributed by atoms with van der Waals surface area (Å²) in [4.78, 5) is 0. The summed E-state index contributed by atoms with van der Waals surface area (Å²) in [6.45, 7) is 0.900. The van der Waals surface area contributed by atoms with Gasteiger partial charge in [-0.15, -0.1) is 0 Å². The molecule has 0 radical (unpaired) electrons. The number of hydrogen-bond donors (Lipinski definition) is 2. The van der Waals surface area contributed by atoms with Gasteiger partial charge in [-0.05, 0) is 35.9 Å². The van der Waals surface area contributed by atoms with E-state index in [0.29, 0.717) is 29.5 Å². The van der Waals surface area contributed by atoms with Gasteiger partial charge in [-0.3, -0.25) is 0 Å². The summed E-state index contributed by atoms with van der Waals surface area (Å²) in [6, 6.07) is 10.8. The molecule has 2 heterocycles. The number of benzene rings is 2. The van der Waals surface area contributed by atoms with Crippen molar-refractivity contribution >= 4 is 0 Å². The summed E-state index contributed by atoms with van der Waals surface area (Å²) >= 11 is 0. The Morgan fingerprint density at radius 1 is 0.857 bits per heavy atom. The molecule has 2 aliphatic rings. The Bertz CT molecular complexity index is 824. The topological polar surface area (TPSA) is 92.2 Å². The molecule has 4 rings (SSSR count). The lowest BCUT2D eigenvalue weighted by molar-refractivity contribution is -0.715. The highest BCUT2D eigenvalue weighted by molar-refractivity contribution is 5.47. The van der Waals surface area contributed by atoms with Crippen molar-refractivity contribution < 1.29 is 38.8 Å². The molecule has 28 heavy (non-hydrogen) atoms. The van der Waals surface area contributed by atoms with E-state index < -0.39 is 6.10 Å². The number of ether oxygens (including phenoxy) is 6. The lowest BCUT2D eigenvalue weighted by Crippen LogP contribution is -2.88. The number of methoxy groups -OCH3 is 2. The third-order valence-electron chi connectivity index (χ3n) is 4.97. The lowest BCUT2D eigenvalue weighted by Gasteiger charge is -2.24. The molecule has 0 bridgehead atoms. The van der Waals surface area contributed by atoms with Crippen molar-refractivity contribution in [2.24, 2.45) is 0 Å². The summed E-state index contributed by atoms with van der Waals surface area (Å²) in [6.07, 6.45) is -1.19. The van der Waals surface area contributed by atoms with Gasteiger partial charge in [0.1, 0.15) is 18.7 Å². The van der Waals surface area contributed by atoms with Gasteiger partial charge < -0.3 is 38.8 Å². The van der Waals surface area contributed by atoms with Gasteiger partial charge in [-0.25, -0.2) is 0 Å². The minimum absolute atomic E-state index is 0.190. The summed E-state index contributed by atoms with van der Waals surface area (Å²) in [5.41, 5.74) is 1.63. The molecule has 3 N–H and O–H groups in total. The Balaban J connectivity index is 1.61. The molecule has 150 valence electrons. The number of rotatable bonds is 8. The molecule has 0 spiro atoms. The fourth-order valence-electron chi connectivity index (χ4n) is 3.42. The monoisotopic (exact) mass is 390 g/mol. The van der Waals surface area contributed by atoms with E-state index in [0.717, 1.165) is 11.1 Å². The largest absolute Gasteiger partial charge is 0.454 e. The minimum atomic E-state index is -0.802. The van der Waals surface area contributed by atoms with Crippen LogP contribution in [0.4, 0.5) is 0 Å². The third-order valence-corrected chi connectivity index (χ3v) is 4.97. The Morgan fingerprint density at radius 3 is 2.00 bits per heavy atom. The van der Waals surface area contributed by atoms with E-state index in [9.17, 15) is 5.11 Å². The van der Waals surface area contributed by atoms with Crippen molar-refractivity contribution in [3.8, 4) is 23.0 Å². The molecular weight excluding hydrogens is 366 g/mol. The highest BCUT2D eigenvalue weighted by Crippen LogP contribution is 2.39. The molecule has 0 saturated carbocycles. The Labute approximate surface area is 162 Å². The van der Waals surface area contributed by atoms with Crippen LogP contribution in [0.2, 0.25) is 0 Å².